The summed E-state index contributed by atoms with van der Waals surface area (Å²) in [6, 6.07) is 4.90. The lowest BCUT2D eigenvalue weighted by molar-refractivity contribution is -0.116. The SMILES string of the molecule is CNCCNS(=O)(=O)c1ccc2c(c1)CCN2C(C)=O. The summed E-state index contributed by atoms with van der Waals surface area (Å²) in [7, 11) is -1.72. The molecule has 0 fully saturated rings. The van der Waals surface area contributed by atoms with Gasteiger partial charge in [0.05, 0.1) is 4.90 Å². The molecule has 2 N–H and O–H groups in total. The van der Waals surface area contributed by atoms with Gasteiger partial charge in [-0.15, -0.1) is 0 Å². The number of hydrogen-bond donors (Lipinski definition) is 2. The van der Waals surface area contributed by atoms with Gasteiger partial charge < -0.3 is 10.2 Å². The van der Waals surface area contributed by atoms with Gasteiger partial charge in [-0.25, -0.2) is 13.1 Å². The van der Waals surface area contributed by atoms with E-state index >= 15 is 0 Å². The van der Waals surface area contributed by atoms with Crippen LogP contribution in [0.5, 0.6) is 0 Å². The van der Waals surface area contributed by atoms with Crippen LogP contribution in [0.1, 0.15) is 12.5 Å². The fourth-order valence-corrected chi connectivity index (χ4v) is 3.35. The third-order valence-electron chi connectivity index (χ3n) is 3.30. The molecule has 1 amide bonds. The second-order valence-electron chi connectivity index (χ2n) is 4.71. The lowest BCUT2D eigenvalue weighted by Crippen LogP contribution is -2.30. The van der Waals surface area contributed by atoms with Crippen LogP contribution in [-0.2, 0) is 21.2 Å². The molecule has 1 aliphatic heterocycles. The highest BCUT2D eigenvalue weighted by Gasteiger charge is 2.24. The Labute approximate surface area is 119 Å². The van der Waals surface area contributed by atoms with Gasteiger partial charge in [-0.05, 0) is 37.2 Å². The highest BCUT2D eigenvalue weighted by atomic mass is 32.2. The fourth-order valence-electron chi connectivity index (χ4n) is 2.27. The summed E-state index contributed by atoms with van der Waals surface area (Å²) in [6.45, 7) is 3.04. The van der Waals surface area contributed by atoms with Crippen molar-refractivity contribution in [3.63, 3.8) is 0 Å². The smallest absolute Gasteiger partial charge is 0.240 e. The Hall–Kier alpha value is -1.44. The van der Waals surface area contributed by atoms with Crippen molar-refractivity contribution in [2.45, 2.75) is 18.2 Å². The molecule has 20 heavy (non-hydrogen) atoms. The molecule has 0 saturated heterocycles. The zero-order valence-electron chi connectivity index (χ0n) is 11.6. The van der Waals surface area contributed by atoms with Crippen LogP contribution in [0.3, 0.4) is 0 Å². The van der Waals surface area contributed by atoms with E-state index in [0.29, 0.717) is 26.1 Å². The van der Waals surface area contributed by atoms with Crippen LogP contribution in [0.15, 0.2) is 23.1 Å². The number of fused-ring (bicyclic) bond motifs is 1. The van der Waals surface area contributed by atoms with Crippen molar-refractivity contribution in [2.75, 3.05) is 31.6 Å². The summed E-state index contributed by atoms with van der Waals surface area (Å²) in [5.74, 6) is -0.0218. The molecule has 110 valence electrons. The van der Waals surface area contributed by atoms with E-state index in [9.17, 15) is 13.2 Å². The van der Waals surface area contributed by atoms with Crippen molar-refractivity contribution in [1.82, 2.24) is 10.0 Å². The molecule has 7 heteroatoms. The van der Waals surface area contributed by atoms with Crippen LogP contribution in [0.25, 0.3) is 0 Å². The van der Waals surface area contributed by atoms with Crippen LogP contribution >= 0.6 is 0 Å². The first-order chi connectivity index (χ1) is 9.45. The summed E-state index contributed by atoms with van der Waals surface area (Å²) >= 11 is 0. The first-order valence-electron chi connectivity index (χ1n) is 6.51. The van der Waals surface area contributed by atoms with Crippen molar-refractivity contribution < 1.29 is 13.2 Å². The van der Waals surface area contributed by atoms with E-state index in [4.69, 9.17) is 0 Å². The average molecular weight is 297 g/mol. The van der Waals surface area contributed by atoms with E-state index in [1.165, 1.54) is 6.92 Å². The molecule has 2 rings (SSSR count). The highest BCUT2D eigenvalue weighted by Crippen LogP contribution is 2.30. The Balaban J connectivity index is 2.22. The summed E-state index contributed by atoms with van der Waals surface area (Å²) in [5.41, 5.74) is 1.71. The third-order valence-corrected chi connectivity index (χ3v) is 4.76. The number of nitrogens with one attached hydrogen (secondary N) is 2. The number of likely N-dealkylation sites (N-methyl/N-ethyl adjacent to an activating group) is 1. The van der Waals surface area contributed by atoms with Gasteiger partial charge in [0.15, 0.2) is 0 Å². The highest BCUT2D eigenvalue weighted by molar-refractivity contribution is 7.89. The van der Waals surface area contributed by atoms with Gasteiger partial charge in [0, 0.05) is 32.2 Å². The zero-order valence-corrected chi connectivity index (χ0v) is 12.5. The van der Waals surface area contributed by atoms with Gasteiger partial charge in [-0.1, -0.05) is 0 Å². The van der Waals surface area contributed by atoms with E-state index in [1.54, 1.807) is 30.1 Å². The fraction of sp³-hybridized carbons (Fsp3) is 0.462. The summed E-state index contributed by atoms with van der Waals surface area (Å²) in [5, 5.41) is 2.88. The monoisotopic (exact) mass is 297 g/mol. The Morgan fingerprint density at radius 3 is 2.75 bits per heavy atom. The summed E-state index contributed by atoms with van der Waals surface area (Å²) in [6.07, 6.45) is 0.689. The third kappa shape index (κ3) is 3.00. The zero-order chi connectivity index (χ0) is 14.8. The molecule has 0 aliphatic carbocycles. The van der Waals surface area contributed by atoms with Gasteiger partial charge in [0.2, 0.25) is 15.9 Å². The molecule has 1 aromatic rings. The minimum Gasteiger partial charge on any atom is -0.318 e. The first kappa shape index (κ1) is 15.0. The molecule has 0 saturated carbocycles. The summed E-state index contributed by atoms with van der Waals surface area (Å²) < 4.78 is 26.7. The standard InChI is InChI=1S/C13H19N3O3S/c1-10(17)16-8-5-11-9-12(3-4-13(11)16)20(18,19)15-7-6-14-2/h3-4,9,14-15H,5-8H2,1-2H3. The average Bonchev–Trinajstić information content (AvgIpc) is 2.81. The molecule has 0 atom stereocenters. The second-order valence-corrected chi connectivity index (χ2v) is 6.48. The Bertz CT molecular complexity index is 613. The van der Waals surface area contributed by atoms with Crippen molar-refractivity contribution in [3.8, 4) is 0 Å². The number of nitrogens with zero attached hydrogens (tertiary/aromatic N) is 1. The maximum absolute atomic E-state index is 12.1. The minimum absolute atomic E-state index is 0.0218. The maximum atomic E-state index is 12.1. The second kappa shape index (κ2) is 5.90. The molecule has 0 unspecified atom stereocenters. The van der Waals surface area contributed by atoms with E-state index in [-0.39, 0.29) is 10.8 Å². The number of rotatable bonds is 5. The number of carbonyl (C=O) groups is 1. The van der Waals surface area contributed by atoms with Crippen LogP contribution in [0, 0.1) is 0 Å². The van der Waals surface area contributed by atoms with E-state index in [2.05, 4.69) is 10.0 Å². The lowest BCUT2D eigenvalue weighted by Gasteiger charge is -2.15. The number of amides is 1. The lowest BCUT2D eigenvalue weighted by atomic mass is 10.2. The largest absolute Gasteiger partial charge is 0.318 e. The van der Waals surface area contributed by atoms with Gasteiger partial charge in [-0.3, -0.25) is 4.79 Å². The van der Waals surface area contributed by atoms with Crippen LogP contribution in [0.2, 0.25) is 0 Å². The molecular weight excluding hydrogens is 278 g/mol. The molecule has 0 aromatic heterocycles. The van der Waals surface area contributed by atoms with Crippen LogP contribution < -0.4 is 14.9 Å². The van der Waals surface area contributed by atoms with E-state index in [1.807, 2.05) is 0 Å². The van der Waals surface area contributed by atoms with Crippen molar-refractivity contribution in [3.05, 3.63) is 23.8 Å². The van der Waals surface area contributed by atoms with Gasteiger partial charge in [0.1, 0.15) is 0 Å². The molecule has 1 heterocycles. The summed E-state index contributed by atoms with van der Waals surface area (Å²) in [4.78, 5) is 13.4. The molecular formula is C13H19N3O3S. The van der Waals surface area contributed by atoms with Gasteiger partial charge in [0.25, 0.3) is 0 Å². The molecule has 0 bridgehead atoms. The normalized spacial score (nSPS) is 14.4. The predicted octanol–water partition coefficient (Wildman–Crippen LogP) is 0.0933. The molecule has 0 radical (unpaired) electrons. The number of benzene rings is 1. The van der Waals surface area contributed by atoms with Crippen molar-refractivity contribution in [2.24, 2.45) is 0 Å². The quantitative estimate of drug-likeness (QED) is 0.755. The van der Waals surface area contributed by atoms with E-state index < -0.39 is 10.0 Å². The van der Waals surface area contributed by atoms with Crippen LogP contribution in [0.4, 0.5) is 5.69 Å². The molecule has 6 nitrogen and oxygen atoms in total. The van der Waals surface area contributed by atoms with Gasteiger partial charge in [-0.2, -0.15) is 0 Å². The first-order valence-corrected chi connectivity index (χ1v) is 7.99. The molecule has 1 aliphatic rings. The van der Waals surface area contributed by atoms with E-state index in [0.717, 1.165) is 11.3 Å². The molecule has 1 aromatic carbocycles. The predicted molar refractivity (Wildman–Crippen MR) is 77.3 cm³/mol. The number of anilines is 1. The van der Waals surface area contributed by atoms with Crippen LogP contribution in [-0.4, -0.2) is 41.0 Å². The number of carbonyl (C=O) groups excluding carboxylic acids is 1. The maximum Gasteiger partial charge on any atom is 0.240 e. The number of sulfonamides is 1. The Kier molecular flexibility index (Phi) is 4.42. The molecule has 0 spiro atoms. The Morgan fingerprint density at radius 1 is 1.35 bits per heavy atom. The Morgan fingerprint density at radius 2 is 2.10 bits per heavy atom. The van der Waals surface area contributed by atoms with Crippen molar-refractivity contribution >= 4 is 21.6 Å². The number of hydrogen-bond acceptors (Lipinski definition) is 4. The topological polar surface area (TPSA) is 78.5 Å². The minimum atomic E-state index is -3.49. The van der Waals surface area contributed by atoms with Crippen molar-refractivity contribution in [1.29, 1.82) is 0 Å². The van der Waals surface area contributed by atoms with Gasteiger partial charge >= 0.3 is 0 Å².